The Morgan fingerprint density at radius 1 is 1.29 bits per heavy atom. The van der Waals surface area contributed by atoms with Crippen LogP contribution in [0.5, 0.6) is 0 Å². The largest absolute Gasteiger partial charge is 0.444 e. The average molecular weight is 405 g/mol. The Hall–Kier alpha value is -1.93. The van der Waals surface area contributed by atoms with Crippen molar-refractivity contribution in [2.75, 3.05) is 33.2 Å². The Balaban J connectivity index is 1.33. The van der Waals surface area contributed by atoms with Crippen LogP contribution < -0.4 is 10.6 Å². The Morgan fingerprint density at radius 2 is 2.07 bits per heavy atom. The SMILES string of the molecule is CN=C(NCCc1ncc(C)s1)NCC1CCN(Cc2nc(C)c(C)o2)CC1. The van der Waals surface area contributed by atoms with Gasteiger partial charge >= 0.3 is 0 Å². The summed E-state index contributed by atoms with van der Waals surface area (Å²) in [6, 6.07) is 0. The first-order chi connectivity index (χ1) is 13.5. The maximum atomic E-state index is 5.72. The molecule has 0 amide bonds. The average Bonchev–Trinajstić information content (AvgIpc) is 3.24. The minimum Gasteiger partial charge on any atom is -0.444 e. The second-order valence-electron chi connectivity index (χ2n) is 7.46. The summed E-state index contributed by atoms with van der Waals surface area (Å²) in [6.45, 7) is 10.9. The normalized spacial score (nSPS) is 16.5. The molecule has 0 unspecified atom stereocenters. The Labute approximate surface area is 171 Å². The number of hydrogen-bond acceptors (Lipinski definition) is 6. The zero-order valence-corrected chi connectivity index (χ0v) is 18.2. The van der Waals surface area contributed by atoms with Crippen molar-refractivity contribution in [2.45, 2.75) is 46.6 Å². The highest BCUT2D eigenvalue weighted by Crippen LogP contribution is 2.19. The van der Waals surface area contributed by atoms with Crippen LogP contribution >= 0.6 is 11.3 Å². The molecule has 2 aromatic heterocycles. The van der Waals surface area contributed by atoms with Crippen LogP contribution in [0.4, 0.5) is 0 Å². The van der Waals surface area contributed by atoms with Crippen molar-refractivity contribution in [1.29, 1.82) is 0 Å². The summed E-state index contributed by atoms with van der Waals surface area (Å²) in [7, 11) is 1.83. The van der Waals surface area contributed by atoms with E-state index in [2.05, 4.69) is 37.4 Å². The van der Waals surface area contributed by atoms with E-state index in [0.717, 1.165) is 62.4 Å². The lowest BCUT2D eigenvalue weighted by molar-refractivity contribution is 0.164. The first-order valence-corrected chi connectivity index (χ1v) is 10.9. The van der Waals surface area contributed by atoms with Crippen molar-refractivity contribution >= 4 is 17.3 Å². The molecule has 0 aliphatic carbocycles. The van der Waals surface area contributed by atoms with E-state index in [-0.39, 0.29) is 0 Å². The third kappa shape index (κ3) is 6.04. The molecule has 28 heavy (non-hydrogen) atoms. The smallest absolute Gasteiger partial charge is 0.208 e. The number of nitrogens with one attached hydrogen (secondary N) is 2. The predicted octanol–water partition coefficient (Wildman–Crippen LogP) is 2.68. The van der Waals surface area contributed by atoms with Gasteiger partial charge in [-0.05, 0) is 52.6 Å². The molecule has 0 atom stereocenters. The summed E-state index contributed by atoms with van der Waals surface area (Å²) >= 11 is 1.76. The molecule has 2 N–H and O–H groups in total. The quantitative estimate of drug-likeness (QED) is 0.546. The van der Waals surface area contributed by atoms with Gasteiger partial charge in [0.15, 0.2) is 5.96 Å². The van der Waals surface area contributed by atoms with Crippen molar-refractivity contribution in [3.05, 3.63) is 33.4 Å². The highest BCUT2D eigenvalue weighted by Gasteiger charge is 2.21. The lowest BCUT2D eigenvalue weighted by atomic mass is 9.97. The van der Waals surface area contributed by atoms with Crippen LogP contribution in [0, 0.1) is 26.7 Å². The number of aliphatic imine (C=N–C) groups is 1. The highest BCUT2D eigenvalue weighted by molar-refractivity contribution is 7.11. The number of hydrogen-bond donors (Lipinski definition) is 2. The van der Waals surface area contributed by atoms with E-state index in [1.807, 2.05) is 27.1 Å². The maximum Gasteiger partial charge on any atom is 0.208 e. The number of piperidine rings is 1. The Kier molecular flexibility index (Phi) is 7.44. The molecule has 0 radical (unpaired) electrons. The van der Waals surface area contributed by atoms with Crippen LogP contribution in [0.3, 0.4) is 0 Å². The van der Waals surface area contributed by atoms with Crippen molar-refractivity contribution in [3.8, 4) is 0 Å². The van der Waals surface area contributed by atoms with Gasteiger partial charge in [0.1, 0.15) is 5.76 Å². The lowest BCUT2D eigenvalue weighted by Crippen LogP contribution is -2.43. The van der Waals surface area contributed by atoms with Gasteiger partial charge in [0.2, 0.25) is 5.89 Å². The van der Waals surface area contributed by atoms with E-state index in [1.165, 1.54) is 22.7 Å². The van der Waals surface area contributed by atoms with Gasteiger partial charge < -0.3 is 15.1 Å². The van der Waals surface area contributed by atoms with Gasteiger partial charge in [-0.2, -0.15) is 0 Å². The van der Waals surface area contributed by atoms with Gasteiger partial charge in [-0.25, -0.2) is 9.97 Å². The van der Waals surface area contributed by atoms with Crippen LogP contribution in [-0.2, 0) is 13.0 Å². The van der Waals surface area contributed by atoms with E-state index < -0.39 is 0 Å². The van der Waals surface area contributed by atoms with Crippen LogP contribution in [-0.4, -0.2) is 54.1 Å². The lowest BCUT2D eigenvalue weighted by Gasteiger charge is -2.31. The van der Waals surface area contributed by atoms with E-state index >= 15 is 0 Å². The molecule has 7 nitrogen and oxygen atoms in total. The molecule has 0 bridgehead atoms. The van der Waals surface area contributed by atoms with E-state index in [1.54, 1.807) is 11.3 Å². The topological polar surface area (TPSA) is 78.6 Å². The minimum absolute atomic E-state index is 0.671. The number of guanidine groups is 1. The maximum absolute atomic E-state index is 5.72. The van der Waals surface area contributed by atoms with Gasteiger partial charge in [-0.15, -0.1) is 11.3 Å². The van der Waals surface area contributed by atoms with Crippen molar-refractivity contribution in [2.24, 2.45) is 10.9 Å². The molecule has 8 heteroatoms. The molecule has 0 saturated carbocycles. The molecule has 1 fully saturated rings. The second kappa shape index (κ2) is 10.0. The fraction of sp³-hybridized carbons (Fsp3) is 0.650. The van der Waals surface area contributed by atoms with E-state index in [4.69, 9.17) is 4.42 Å². The van der Waals surface area contributed by atoms with E-state index in [0.29, 0.717) is 5.92 Å². The highest BCUT2D eigenvalue weighted by atomic mass is 32.1. The molecule has 3 rings (SSSR count). The number of aryl methyl sites for hydroxylation is 3. The second-order valence-corrected chi connectivity index (χ2v) is 8.78. The van der Waals surface area contributed by atoms with Gasteiger partial charge in [0, 0.05) is 37.6 Å². The predicted molar refractivity (Wildman–Crippen MR) is 114 cm³/mol. The number of thiazole rings is 1. The third-order valence-corrected chi connectivity index (χ3v) is 6.19. The summed E-state index contributed by atoms with van der Waals surface area (Å²) in [6.07, 6.45) is 5.23. The summed E-state index contributed by atoms with van der Waals surface area (Å²) < 4.78 is 5.72. The number of nitrogens with zero attached hydrogens (tertiary/aromatic N) is 4. The summed E-state index contributed by atoms with van der Waals surface area (Å²) in [5.41, 5.74) is 0.998. The molecule has 1 aliphatic heterocycles. The molecule has 3 heterocycles. The fourth-order valence-electron chi connectivity index (χ4n) is 3.41. The summed E-state index contributed by atoms with van der Waals surface area (Å²) in [4.78, 5) is 16.9. The van der Waals surface area contributed by atoms with Gasteiger partial charge in [-0.1, -0.05) is 0 Å². The minimum atomic E-state index is 0.671. The Bertz CT molecular complexity index is 756. The van der Waals surface area contributed by atoms with Crippen LogP contribution in [0.2, 0.25) is 0 Å². The van der Waals surface area contributed by atoms with Crippen LogP contribution in [0.25, 0.3) is 0 Å². The van der Waals surface area contributed by atoms with Crippen LogP contribution in [0.15, 0.2) is 15.6 Å². The van der Waals surface area contributed by atoms with Crippen molar-refractivity contribution < 1.29 is 4.42 Å². The van der Waals surface area contributed by atoms with Gasteiger partial charge in [0.05, 0.1) is 17.2 Å². The van der Waals surface area contributed by atoms with Crippen LogP contribution in [0.1, 0.15) is 40.1 Å². The molecule has 0 spiro atoms. The third-order valence-electron chi connectivity index (χ3n) is 5.22. The molecule has 1 aliphatic rings. The molecule has 1 saturated heterocycles. The fourth-order valence-corrected chi connectivity index (χ4v) is 4.20. The number of likely N-dealkylation sites (tertiary alicyclic amines) is 1. The number of aromatic nitrogens is 2. The first kappa shape index (κ1) is 20.8. The molecule has 0 aromatic carbocycles. The van der Waals surface area contributed by atoms with Gasteiger partial charge in [0.25, 0.3) is 0 Å². The molecule has 2 aromatic rings. The standard InChI is InChI=1S/C20H32N6OS/c1-14-11-23-19(28-14)5-8-22-20(21-4)24-12-17-6-9-26(10-7-17)13-18-25-15(2)16(3)27-18/h11,17H,5-10,12-13H2,1-4H3,(H2,21,22,24). The summed E-state index contributed by atoms with van der Waals surface area (Å²) in [5.74, 6) is 3.32. The monoisotopic (exact) mass is 404 g/mol. The number of rotatable bonds is 7. The zero-order valence-electron chi connectivity index (χ0n) is 17.4. The molecular weight excluding hydrogens is 372 g/mol. The molecular formula is C20H32N6OS. The van der Waals surface area contributed by atoms with Crippen molar-refractivity contribution in [3.63, 3.8) is 0 Å². The van der Waals surface area contributed by atoms with Crippen molar-refractivity contribution in [1.82, 2.24) is 25.5 Å². The summed E-state index contributed by atoms with van der Waals surface area (Å²) in [5, 5.41) is 8.04. The number of oxazole rings is 1. The zero-order chi connectivity index (χ0) is 19.9. The Morgan fingerprint density at radius 3 is 2.68 bits per heavy atom. The molecule has 154 valence electrons. The first-order valence-electron chi connectivity index (χ1n) is 10.0. The van der Waals surface area contributed by atoms with Gasteiger partial charge in [-0.3, -0.25) is 9.89 Å². The van der Waals surface area contributed by atoms with E-state index in [9.17, 15) is 0 Å².